The van der Waals surface area contributed by atoms with Crippen molar-refractivity contribution in [3.05, 3.63) is 12.0 Å². The Morgan fingerprint density at radius 2 is 2.09 bits per heavy atom. The molecule has 0 aliphatic carbocycles. The molecule has 0 rings (SSSR count). The molecule has 0 amide bonds. The fraction of sp³-hybridized carbons (Fsp3) is 0.625. The minimum absolute atomic E-state index is 0.628. The molecule has 0 atom stereocenters. The summed E-state index contributed by atoms with van der Waals surface area (Å²) in [5, 5.41) is 8.55. The van der Waals surface area contributed by atoms with Gasteiger partial charge >= 0.3 is 0 Å². The second-order valence-corrected chi connectivity index (χ2v) is 2.44. The van der Waals surface area contributed by atoms with Crippen molar-refractivity contribution in [3.63, 3.8) is 0 Å². The molecule has 0 heterocycles. The van der Waals surface area contributed by atoms with Gasteiger partial charge in [0.05, 0.1) is 5.70 Å². The molecule has 0 unspecified atom stereocenters. The molecule has 0 radical (unpaired) electrons. The highest BCUT2D eigenvalue weighted by atomic mass is 16.2. The molecule has 0 fully saturated rings. The molecule has 0 aromatic rings. The van der Waals surface area contributed by atoms with Gasteiger partial charge in [0.25, 0.3) is 0 Å². The molecule has 0 bridgehead atoms. The first kappa shape index (κ1) is 10.0. The van der Waals surface area contributed by atoms with E-state index in [1.54, 1.807) is 6.92 Å². The van der Waals surface area contributed by atoms with Crippen LogP contribution in [0.3, 0.4) is 0 Å². The zero-order valence-corrected chi connectivity index (χ0v) is 7.63. The molecule has 3 nitrogen and oxygen atoms in total. The summed E-state index contributed by atoms with van der Waals surface area (Å²) in [5.41, 5.74) is 0.628. The Balaban J connectivity index is 4.21. The Hall–Kier alpha value is -0.990. The average Bonchev–Trinajstić information content (AvgIpc) is 2.02. The molecule has 0 aromatic carbocycles. The van der Waals surface area contributed by atoms with Crippen LogP contribution >= 0.6 is 0 Å². The predicted octanol–water partition coefficient (Wildman–Crippen LogP) is 1.78. The van der Waals surface area contributed by atoms with Crippen LogP contribution in [-0.4, -0.2) is 29.4 Å². The molecule has 64 valence electrons. The zero-order chi connectivity index (χ0) is 8.85. The summed E-state index contributed by atoms with van der Waals surface area (Å²) < 4.78 is 0. The van der Waals surface area contributed by atoms with E-state index in [-0.39, 0.29) is 0 Å². The molecule has 0 saturated carbocycles. The normalized spacial score (nSPS) is 13.5. The van der Waals surface area contributed by atoms with E-state index in [0.29, 0.717) is 5.70 Å². The Bertz CT molecular complexity index is 173. The number of hydrogen-bond acceptors (Lipinski definition) is 2. The van der Waals surface area contributed by atoms with Crippen LogP contribution in [0.25, 0.3) is 0 Å². The fourth-order valence-electron chi connectivity index (χ4n) is 0.598. The van der Waals surface area contributed by atoms with Crippen LogP contribution in [0, 0.1) is 0 Å². The van der Waals surface area contributed by atoms with Gasteiger partial charge in [-0.05, 0) is 20.8 Å². The zero-order valence-electron chi connectivity index (χ0n) is 7.63. The van der Waals surface area contributed by atoms with Crippen molar-refractivity contribution in [1.29, 1.82) is 0 Å². The molecular formula is C8H16N2O. The van der Waals surface area contributed by atoms with Crippen molar-refractivity contribution < 1.29 is 5.11 Å². The first-order chi connectivity index (χ1) is 5.11. The number of aliphatic hydroxyl groups excluding tert-OH is 1. The Morgan fingerprint density at radius 1 is 1.55 bits per heavy atom. The van der Waals surface area contributed by atoms with Gasteiger partial charge < -0.3 is 10.0 Å². The van der Waals surface area contributed by atoms with Gasteiger partial charge in [0.2, 0.25) is 0 Å². The van der Waals surface area contributed by atoms with E-state index < -0.39 is 0 Å². The van der Waals surface area contributed by atoms with Gasteiger partial charge in [-0.1, -0.05) is 0 Å². The fourth-order valence-corrected chi connectivity index (χ4v) is 0.598. The summed E-state index contributed by atoms with van der Waals surface area (Å²) in [6.07, 6.45) is 1.01. The molecule has 0 saturated heterocycles. The van der Waals surface area contributed by atoms with Crippen molar-refractivity contribution in [2.45, 2.75) is 20.8 Å². The van der Waals surface area contributed by atoms with Gasteiger partial charge in [0.1, 0.15) is 12.1 Å². The lowest BCUT2D eigenvalue weighted by Crippen LogP contribution is -2.23. The van der Waals surface area contributed by atoms with Gasteiger partial charge in [-0.25, -0.2) is 4.99 Å². The van der Waals surface area contributed by atoms with Crippen LogP contribution < -0.4 is 0 Å². The Morgan fingerprint density at radius 3 is 2.45 bits per heavy atom. The van der Waals surface area contributed by atoms with Crippen molar-refractivity contribution >= 4 is 5.84 Å². The molecule has 1 N–H and O–H groups in total. The SMILES string of the molecule is CCN(C)/C(C)=N/C(C)=C\O. The van der Waals surface area contributed by atoms with Crippen molar-refractivity contribution in [3.8, 4) is 0 Å². The summed E-state index contributed by atoms with van der Waals surface area (Å²) >= 11 is 0. The standard InChI is InChI=1S/C8H16N2O/c1-5-10(4)8(3)9-7(2)6-11/h6,11H,5H2,1-4H3/b7-6-,9-8+. The van der Waals surface area contributed by atoms with Crippen LogP contribution in [0.2, 0.25) is 0 Å². The van der Waals surface area contributed by atoms with Gasteiger partial charge in [-0.2, -0.15) is 0 Å². The molecule has 11 heavy (non-hydrogen) atoms. The van der Waals surface area contributed by atoms with Crippen LogP contribution in [0.4, 0.5) is 0 Å². The predicted molar refractivity (Wildman–Crippen MR) is 47.8 cm³/mol. The summed E-state index contributed by atoms with van der Waals surface area (Å²) in [6, 6.07) is 0. The maximum absolute atomic E-state index is 8.55. The highest BCUT2D eigenvalue weighted by molar-refractivity contribution is 5.80. The topological polar surface area (TPSA) is 35.8 Å². The van der Waals surface area contributed by atoms with Crippen LogP contribution in [-0.2, 0) is 0 Å². The third-order valence-electron chi connectivity index (χ3n) is 1.55. The lowest BCUT2D eigenvalue weighted by atomic mass is 10.5. The Labute approximate surface area is 68.1 Å². The maximum Gasteiger partial charge on any atom is 0.101 e. The average molecular weight is 156 g/mol. The van der Waals surface area contributed by atoms with Crippen molar-refractivity contribution in [2.24, 2.45) is 4.99 Å². The molecule has 0 aromatic heterocycles. The molecular weight excluding hydrogens is 140 g/mol. The first-order valence-electron chi connectivity index (χ1n) is 3.69. The van der Waals surface area contributed by atoms with Crippen molar-refractivity contribution in [2.75, 3.05) is 13.6 Å². The highest BCUT2D eigenvalue weighted by Crippen LogP contribution is 1.95. The quantitative estimate of drug-likeness (QED) is 0.376. The van der Waals surface area contributed by atoms with Crippen LogP contribution in [0.5, 0.6) is 0 Å². The summed E-state index contributed by atoms with van der Waals surface area (Å²) in [7, 11) is 1.96. The summed E-state index contributed by atoms with van der Waals surface area (Å²) in [4.78, 5) is 6.13. The minimum atomic E-state index is 0.628. The van der Waals surface area contributed by atoms with Crippen molar-refractivity contribution in [1.82, 2.24) is 4.90 Å². The van der Waals surface area contributed by atoms with Gasteiger partial charge in [0.15, 0.2) is 0 Å². The lowest BCUT2D eigenvalue weighted by molar-refractivity contribution is 0.465. The molecule has 0 aliphatic rings. The Kier molecular flexibility index (Phi) is 4.34. The van der Waals surface area contributed by atoms with E-state index in [2.05, 4.69) is 11.9 Å². The first-order valence-corrected chi connectivity index (χ1v) is 3.69. The third kappa shape index (κ3) is 3.65. The number of aliphatic hydroxyl groups is 1. The van der Waals surface area contributed by atoms with E-state index in [9.17, 15) is 0 Å². The lowest BCUT2D eigenvalue weighted by Gasteiger charge is -2.15. The number of nitrogens with zero attached hydrogens (tertiary/aromatic N) is 2. The van der Waals surface area contributed by atoms with E-state index >= 15 is 0 Å². The number of hydrogen-bond donors (Lipinski definition) is 1. The monoisotopic (exact) mass is 156 g/mol. The number of allylic oxidation sites excluding steroid dienone is 1. The van der Waals surface area contributed by atoms with E-state index in [1.807, 2.05) is 18.9 Å². The van der Waals surface area contributed by atoms with Crippen LogP contribution in [0.15, 0.2) is 17.0 Å². The highest BCUT2D eigenvalue weighted by Gasteiger charge is 1.95. The smallest absolute Gasteiger partial charge is 0.101 e. The van der Waals surface area contributed by atoms with Crippen LogP contribution in [0.1, 0.15) is 20.8 Å². The second-order valence-electron chi connectivity index (χ2n) is 2.44. The minimum Gasteiger partial charge on any atom is -0.514 e. The van der Waals surface area contributed by atoms with E-state index in [4.69, 9.17) is 5.11 Å². The van der Waals surface area contributed by atoms with E-state index in [0.717, 1.165) is 18.6 Å². The van der Waals surface area contributed by atoms with Gasteiger partial charge in [-0.15, -0.1) is 0 Å². The number of aliphatic imine (C=N–C) groups is 1. The largest absolute Gasteiger partial charge is 0.514 e. The third-order valence-corrected chi connectivity index (χ3v) is 1.55. The number of amidine groups is 1. The van der Waals surface area contributed by atoms with E-state index in [1.165, 1.54) is 0 Å². The molecule has 0 aliphatic heterocycles. The van der Waals surface area contributed by atoms with Gasteiger partial charge in [0, 0.05) is 13.6 Å². The summed E-state index contributed by atoms with van der Waals surface area (Å²) in [6.45, 7) is 6.65. The summed E-state index contributed by atoms with van der Waals surface area (Å²) in [5.74, 6) is 0.912. The number of rotatable bonds is 2. The second kappa shape index (κ2) is 4.77. The maximum atomic E-state index is 8.55. The molecule has 0 spiro atoms. The van der Waals surface area contributed by atoms with Gasteiger partial charge in [-0.3, -0.25) is 0 Å². The molecule has 3 heteroatoms.